The lowest BCUT2D eigenvalue weighted by atomic mass is 10.1. The Morgan fingerprint density at radius 3 is 2.44 bits per heavy atom. The second-order valence-electron chi connectivity index (χ2n) is 4.48. The third-order valence-corrected chi connectivity index (χ3v) is 3.19. The van der Waals surface area contributed by atoms with Crippen molar-refractivity contribution in [1.29, 1.82) is 0 Å². The molecule has 2 heteroatoms. The lowest BCUT2D eigenvalue weighted by molar-refractivity contribution is 0.474. The number of para-hydroxylation sites is 1. The fourth-order valence-electron chi connectivity index (χ4n) is 2.19. The molecule has 1 aliphatic carbocycles. The van der Waals surface area contributed by atoms with E-state index in [1.807, 2.05) is 24.4 Å². The summed E-state index contributed by atoms with van der Waals surface area (Å²) in [7, 11) is 0. The van der Waals surface area contributed by atoms with E-state index in [1.54, 1.807) is 6.07 Å². The predicted octanol–water partition coefficient (Wildman–Crippen LogP) is 3.53. The highest BCUT2D eigenvalue weighted by Gasteiger charge is 2.09. The van der Waals surface area contributed by atoms with Crippen LogP contribution in [0.3, 0.4) is 0 Å². The summed E-state index contributed by atoms with van der Waals surface area (Å²) in [5.41, 5.74) is 0.826. The van der Waals surface area contributed by atoms with Gasteiger partial charge in [-0.05, 0) is 25.0 Å². The van der Waals surface area contributed by atoms with E-state index in [0.717, 1.165) is 5.56 Å². The van der Waals surface area contributed by atoms with Crippen LogP contribution in [0.25, 0.3) is 0 Å². The summed E-state index contributed by atoms with van der Waals surface area (Å²) in [6, 6.07) is 7.82. The zero-order chi connectivity index (χ0) is 11.2. The van der Waals surface area contributed by atoms with Crippen LogP contribution in [0, 0.1) is 0 Å². The van der Waals surface area contributed by atoms with Crippen LogP contribution in [0.5, 0.6) is 5.75 Å². The number of aliphatic imine (C=N–C) groups is 1. The van der Waals surface area contributed by atoms with Gasteiger partial charge in [0.25, 0.3) is 0 Å². The highest BCUT2D eigenvalue weighted by Crippen LogP contribution is 2.20. The summed E-state index contributed by atoms with van der Waals surface area (Å²) >= 11 is 0. The third-order valence-electron chi connectivity index (χ3n) is 3.19. The molecular weight excluding hydrogens is 198 g/mol. The molecule has 0 aromatic heterocycles. The topological polar surface area (TPSA) is 32.6 Å². The molecule has 2 rings (SSSR count). The number of phenols is 1. The van der Waals surface area contributed by atoms with Gasteiger partial charge in [0, 0.05) is 17.8 Å². The normalized spacial score (nSPS) is 18.8. The van der Waals surface area contributed by atoms with Crippen molar-refractivity contribution in [1.82, 2.24) is 0 Å². The van der Waals surface area contributed by atoms with Crippen molar-refractivity contribution in [2.75, 3.05) is 0 Å². The second-order valence-corrected chi connectivity index (χ2v) is 4.48. The Bertz CT molecular complexity index is 352. The van der Waals surface area contributed by atoms with Gasteiger partial charge in [-0.1, -0.05) is 37.8 Å². The summed E-state index contributed by atoms with van der Waals surface area (Å²) in [5, 5.41) is 9.60. The number of benzene rings is 1. The van der Waals surface area contributed by atoms with Gasteiger partial charge in [-0.2, -0.15) is 0 Å². The average molecular weight is 217 g/mol. The zero-order valence-electron chi connectivity index (χ0n) is 9.60. The Hall–Kier alpha value is -1.31. The summed E-state index contributed by atoms with van der Waals surface area (Å²) in [5.74, 6) is 0.319. The monoisotopic (exact) mass is 217 g/mol. The predicted molar refractivity (Wildman–Crippen MR) is 67.2 cm³/mol. The van der Waals surface area contributed by atoms with Crippen LogP contribution in [0.2, 0.25) is 0 Å². The van der Waals surface area contributed by atoms with Crippen LogP contribution in [0.4, 0.5) is 0 Å². The van der Waals surface area contributed by atoms with E-state index >= 15 is 0 Å². The summed E-state index contributed by atoms with van der Waals surface area (Å²) in [6.45, 7) is 0. The fraction of sp³-hybridized carbons (Fsp3) is 0.500. The number of aromatic hydroxyl groups is 1. The number of hydrogen-bond acceptors (Lipinski definition) is 2. The van der Waals surface area contributed by atoms with Gasteiger partial charge in [0.15, 0.2) is 0 Å². The molecule has 0 amide bonds. The highest BCUT2D eigenvalue weighted by atomic mass is 16.3. The van der Waals surface area contributed by atoms with E-state index < -0.39 is 0 Å². The fourth-order valence-corrected chi connectivity index (χ4v) is 2.19. The van der Waals surface area contributed by atoms with Gasteiger partial charge in [-0.15, -0.1) is 0 Å². The first-order valence-electron chi connectivity index (χ1n) is 6.17. The Kier molecular flexibility index (Phi) is 3.97. The van der Waals surface area contributed by atoms with E-state index in [0.29, 0.717) is 11.8 Å². The average Bonchev–Trinajstić information content (AvgIpc) is 2.56. The standard InChI is InChI=1S/C14H19NO/c16-14-10-6-5-7-12(14)11-15-13-8-3-1-2-4-9-13/h5-7,10-11,13,16H,1-4,8-9H2. The van der Waals surface area contributed by atoms with E-state index in [4.69, 9.17) is 0 Å². The zero-order valence-corrected chi connectivity index (χ0v) is 9.60. The lowest BCUT2D eigenvalue weighted by Gasteiger charge is -2.07. The van der Waals surface area contributed by atoms with Crippen LogP contribution in [-0.2, 0) is 0 Å². The number of hydrogen-bond donors (Lipinski definition) is 1. The molecule has 0 bridgehead atoms. The molecule has 2 nitrogen and oxygen atoms in total. The summed E-state index contributed by atoms with van der Waals surface area (Å²) in [4.78, 5) is 4.59. The SMILES string of the molecule is Oc1ccccc1C=NC1CCCCCC1. The quantitative estimate of drug-likeness (QED) is 0.596. The second kappa shape index (κ2) is 5.69. The smallest absolute Gasteiger partial charge is 0.124 e. The molecule has 1 fully saturated rings. The van der Waals surface area contributed by atoms with Gasteiger partial charge in [0.05, 0.1) is 0 Å². The van der Waals surface area contributed by atoms with E-state index in [2.05, 4.69) is 4.99 Å². The maximum atomic E-state index is 9.60. The Labute approximate surface area is 97.0 Å². The van der Waals surface area contributed by atoms with Crippen molar-refractivity contribution in [3.8, 4) is 5.75 Å². The molecule has 1 aromatic rings. The Morgan fingerprint density at radius 1 is 1.06 bits per heavy atom. The molecule has 1 saturated carbocycles. The van der Waals surface area contributed by atoms with E-state index in [1.165, 1.54) is 38.5 Å². The minimum absolute atomic E-state index is 0.319. The van der Waals surface area contributed by atoms with Gasteiger partial charge in [-0.25, -0.2) is 0 Å². The van der Waals surface area contributed by atoms with Crippen molar-refractivity contribution in [2.24, 2.45) is 4.99 Å². The van der Waals surface area contributed by atoms with Gasteiger partial charge < -0.3 is 5.11 Å². The van der Waals surface area contributed by atoms with Crippen molar-refractivity contribution in [3.63, 3.8) is 0 Å². The van der Waals surface area contributed by atoms with Crippen LogP contribution < -0.4 is 0 Å². The van der Waals surface area contributed by atoms with E-state index in [-0.39, 0.29) is 0 Å². The van der Waals surface area contributed by atoms with Gasteiger partial charge in [-0.3, -0.25) is 4.99 Å². The summed E-state index contributed by atoms with van der Waals surface area (Å²) < 4.78 is 0. The van der Waals surface area contributed by atoms with Crippen molar-refractivity contribution in [2.45, 2.75) is 44.6 Å². The molecule has 0 radical (unpaired) electrons. The molecule has 0 saturated heterocycles. The third kappa shape index (κ3) is 3.09. The minimum atomic E-state index is 0.319. The lowest BCUT2D eigenvalue weighted by Crippen LogP contribution is -2.02. The first kappa shape index (κ1) is 11.2. The molecule has 86 valence electrons. The van der Waals surface area contributed by atoms with Gasteiger partial charge in [0.2, 0.25) is 0 Å². The molecule has 0 spiro atoms. The molecule has 16 heavy (non-hydrogen) atoms. The number of phenolic OH excluding ortho intramolecular Hbond substituents is 1. The first-order valence-corrected chi connectivity index (χ1v) is 6.17. The van der Waals surface area contributed by atoms with E-state index in [9.17, 15) is 5.11 Å². The number of nitrogens with zero attached hydrogens (tertiary/aromatic N) is 1. The molecule has 1 aromatic carbocycles. The van der Waals surface area contributed by atoms with Crippen LogP contribution in [0.1, 0.15) is 44.1 Å². The van der Waals surface area contributed by atoms with Crippen molar-refractivity contribution in [3.05, 3.63) is 29.8 Å². The highest BCUT2D eigenvalue weighted by molar-refractivity contribution is 5.83. The number of rotatable bonds is 2. The molecule has 1 aliphatic rings. The van der Waals surface area contributed by atoms with Crippen LogP contribution in [-0.4, -0.2) is 17.4 Å². The molecule has 0 heterocycles. The maximum Gasteiger partial charge on any atom is 0.124 e. The van der Waals surface area contributed by atoms with Gasteiger partial charge in [0.1, 0.15) is 5.75 Å². The molecule has 0 aliphatic heterocycles. The Balaban J connectivity index is 2.00. The minimum Gasteiger partial charge on any atom is -0.507 e. The van der Waals surface area contributed by atoms with Gasteiger partial charge >= 0.3 is 0 Å². The largest absolute Gasteiger partial charge is 0.507 e. The molecule has 0 atom stereocenters. The van der Waals surface area contributed by atoms with Crippen LogP contribution in [0.15, 0.2) is 29.3 Å². The summed E-state index contributed by atoms with van der Waals surface area (Å²) in [6.07, 6.45) is 9.51. The molecule has 0 unspecified atom stereocenters. The van der Waals surface area contributed by atoms with Crippen LogP contribution >= 0.6 is 0 Å². The maximum absolute atomic E-state index is 9.60. The first-order chi connectivity index (χ1) is 7.86. The van der Waals surface area contributed by atoms with Crippen molar-refractivity contribution >= 4 is 6.21 Å². The molecular formula is C14H19NO. The molecule has 1 N–H and O–H groups in total. The van der Waals surface area contributed by atoms with Crippen molar-refractivity contribution < 1.29 is 5.11 Å². The Morgan fingerprint density at radius 2 is 1.75 bits per heavy atom.